The van der Waals surface area contributed by atoms with Crippen LogP contribution in [0, 0.1) is 24.2 Å². The van der Waals surface area contributed by atoms with E-state index in [1.807, 2.05) is 19.9 Å². The summed E-state index contributed by atoms with van der Waals surface area (Å²) in [7, 11) is 0. The Kier molecular flexibility index (Phi) is 4.70. The van der Waals surface area contributed by atoms with Gasteiger partial charge in [0.2, 0.25) is 5.88 Å². The maximum absolute atomic E-state index is 11.5. The summed E-state index contributed by atoms with van der Waals surface area (Å²) in [4.78, 5) is 22.9. The van der Waals surface area contributed by atoms with Crippen molar-refractivity contribution < 1.29 is 18.7 Å². The molecule has 0 fully saturated rings. The van der Waals surface area contributed by atoms with E-state index in [0.717, 1.165) is 0 Å². The van der Waals surface area contributed by atoms with E-state index < -0.39 is 6.09 Å². The second-order valence-corrected chi connectivity index (χ2v) is 4.52. The molecule has 0 radical (unpaired) electrons. The van der Waals surface area contributed by atoms with Crippen molar-refractivity contribution >= 4 is 17.8 Å². The van der Waals surface area contributed by atoms with E-state index in [9.17, 15) is 9.59 Å². The number of aryl methyl sites for hydroxylation is 1. The molecule has 0 aliphatic heterocycles. The van der Waals surface area contributed by atoms with Crippen molar-refractivity contribution in [3.8, 4) is 6.07 Å². The Morgan fingerprint density at radius 2 is 2.11 bits per heavy atom. The minimum absolute atomic E-state index is 0.0199. The molecule has 0 saturated heterocycles. The summed E-state index contributed by atoms with van der Waals surface area (Å²) >= 11 is 0. The number of carbonyl (C=O) groups is 2. The lowest BCUT2D eigenvalue weighted by Crippen LogP contribution is -2.16. The van der Waals surface area contributed by atoms with Crippen LogP contribution >= 0.6 is 0 Å². The topological polar surface area (TPSA) is 92.3 Å². The molecule has 0 aromatic carbocycles. The summed E-state index contributed by atoms with van der Waals surface area (Å²) in [5.41, 5.74) is 0.202. The van der Waals surface area contributed by atoms with Crippen LogP contribution in [0.3, 0.4) is 0 Å². The Labute approximate surface area is 111 Å². The fourth-order valence-electron chi connectivity index (χ4n) is 1.53. The molecule has 0 aliphatic carbocycles. The lowest BCUT2D eigenvalue weighted by molar-refractivity contribution is 0.101. The standard InChI is InChI=1S/C13H16N2O4/c1-7(2)6-18-13(17)15-12-10(5-14)11(8(3)16)9(4)19-12/h7H,6H2,1-4H3,(H,15,17). The number of hydrogen-bond acceptors (Lipinski definition) is 5. The molecule has 1 amide bonds. The lowest BCUT2D eigenvalue weighted by atomic mass is 10.1. The number of nitrogens with one attached hydrogen (secondary N) is 1. The van der Waals surface area contributed by atoms with Gasteiger partial charge in [-0.25, -0.2) is 4.79 Å². The predicted molar refractivity (Wildman–Crippen MR) is 68.0 cm³/mol. The SMILES string of the molecule is CC(=O)c1c(C)oc(NC(=O)OCC(C)C)c1C#N. The van der Waals surface area contributed by atoms with Crippen LogP contribution in [0.25, 0.3) is 0 Å². The fraction of sp³-hybridized carbons (Fsp3) is 0.462. The van der Waals surface area contributed by atoms with Gasteiger partial charge >= 0.3 is 6.09 Å². The van der Waals surface area contributed by atoms with Crippen LogP contribution < -0.4 is 5.32 Å². The number of amides is 1. The van der Waals surface area contributed by atoms with Crippen LogP contribution in [0.1, 0.15) is 42.5 Å². The van der Waals surface area contributed by atoms with Gasteiger partial charge in [0.15, 0.2) is 5.78 Å². The highest BCUT2D eigenvalue weighted by Crippen LogP contribution is 2.26. The Hall–Kier alpha value is -2.29. The van der Waals surface area contributed by atoms with Crippen molar-refractivity contribution in [1.29, 1.82) is 5.26 Å². The number of hydrogen-bond donors (Lipinski definition) is 1. The van der Waals surface area contributed by atoms with E-state index in [4.69, 9.17) is 14.4 Å². The highest BCUT2D eigenvalue weighted by molar-refractivity contribution is 6.00. The Morgan fingerprint density at radius 3 is 2.58 bits per heavy atom. The summed E-state index contributed by atoms with van der Waals surface area (Å²) < 4.78 is 10.1. The zero-order chi connectivity index (χ0) is 14.6. The summed E-state index contributed by atoms with van der Waals surface area (Å²) in [6, 6.07) is 1.85. The minimum Gasteiger partial charge on any atom is -0.449 e. The van der Waals surface area contributed by atoms with Crippen LogP contribution in [-0.2, 0) is 4.74 Å². The van der Waals surface area contributed by atoms with Crippen LogP contribution in [0.4, 0.5) is 10.7 Å². The number of ether oxygens (including phenoxy) is 1. The van der Waals surface area contributed by atoms with E-state index in [0.29, 0.717) is 5.76 Å². The fourth-order valence-corrected chi connectivity index (χ4v) is 1.53. The van der Waals surface area contributed by atoms with Crippen molar-refractivity contribution in [1.82, 2.24) is 0 Å². The number of furan rings is 1. The average molecular weight is 264 g/mol. The first-order valence-electron chi connectivity index (χ1n) is 5.85. The molecule has 0 spiro atoms. The predicted octanol–water partition coefficient (Wildman–Crippen LogP) is 2.87. The first-order chi connectivity index (χ1) is 8.86. The molecule has 0 aliphatic rings. The summed E-state index contributed by atoms with van der Waals surface area (Å²) in [5, 5.41) is 11.4. The Balaban J connectivity index is 2.91. The van der Waals surface area contributed by atoms with E-state index >= 15 is 0 Å². The summed E-state index contributed by atoms with van der Waals surface area (Å²) in [6.45, 7) is 6.95. The molecule has 1 aromatic heterocycles. The smallest absolute Gasteiger partial charge is 0.414 e. The van der Waals surface area contributed by atoms with Gasteiger partial charge in [-0.05, 0) is 19.8 Å². The largest absolute Gasteiger partial charge is 0.449 e. The molecule has 0 saturated carbocycles. The van der Waals surface area contributed by atoms with Crippen molar-refractivity contribution in [2.75, 3.05) is 11.9 Å². The molecule has 6 nitrogen and oxygen atoms in total. The third kappa shape index (κ3) is 3.58. The number of nitrogens with zero attached hydrogens (tertiary/aromatic N) is 1. The van der Waals surface area contributed by atoms with Gasteiger partial charge in [0.05, 0.1) is 12.2 Å². The molecule has 0 unspecified atom stereocenters. The molecular formula is C13H16N2O4. The maximum Gasteiger partial charge on any atom is 0.414 e. The minimum atomic E-state index is -0.714. The first-order valence-corrected chi connectivity index (χ1v) is 5.85. The molecule has 0 bridgehead atoms. The molecule has 1 N–H and O–H groups in total. The quantitative estimate of drug-likeness (QED) is 0.844. The monoisotopic (exact) mass is 264 g/mol. The van der Waals surface area contributed by atoms with Crippen LogP contribution in [0.5, 0.6) is 0 Å². The molecule has 19 heavy (non-hydrogen) atoms. The normalized spacial score (nSPS) is 10.1. The third-order valence-electron chi connectivity index (χ3n) is 2.31. The van der Waals surface area contributed by atoms with Crippen LogP contribution in [-0.4, -0.2) is 18.5 Å². The van der Waals surface area contributed by atoms with E-state index in [1.54, 1.807) is 6.92 Å². The van der Waals surface area contributed by atoms with Gasteiger partial charge < -0.3 is 9.15 Å². The van der Waals surface area contributed by atoms with Crippen molar-refractivity contribution in [3.05, 3.63) is 16.9 Å². The van der Waals surface area contributed by atoms with Crippen LogP contribution in [0.2, 0.25) is 0 Å². The molecular weight excluding hydrogens is 248 g/mol. The first kappa shape index (κ1) is 14.8. The van der Waals surface area contributed by atoms with E-state index in [1.165, 1.54) is 6.92 Å². The Morgan fingerprint density at radius 1 is 1.47 bits per heavy atom. The zero-order valence-corrected chi connectivity index (χ0v) is 11.4. The highest BCUT2D eigenvalue weighted by Gasteiger charge is 2.22. The summed E-state index contributed by atoms with van der Waals surface area (Å²) in [5.74, 6) is 0.149. The molecule has 1 heterocycles. The molecule has 102 valence electrons. The molecule has 1 rings (SSSR count). The lowest BCUT2D eigenvalue weighted by Gasteiger charge is -2.07. The number of rotatable bonds is 4. The van der Waals surface area contributed by atoms with E-state index in [2.05, 4.69) is 5.32 Å². The average Bonchev–Trinajstić information content (AvgIpc) is 2.62. The number of ketones is 1. The summed E-state index contributed by atoms with van der Waals surface area (Å²) in [6.07, 6.45) is -0.714. The molecule has 0 atom stereocenters. The second kappa shape index (κ2) is 6.05. The third-order valence-corrected chi connectivity index (χ3v) is 2.31. The van der Waals surface area contributed by atoms with Crippen molar-refractivity contribution in [2.24, 2.45) is 5.92 Å². The zero-order valence-electron chi connectivity index (χ0n) is 11.4. The van der Waals surface area contributed by atoms with Crippen molar-refractivity contribution in [2.45, 2.75) is 27.7 Å². The van der Waals surface area contributed by atoms with Gasteiger partial charge in [-0.1, -0.05) is 13.8 Å². The van der Waals surface area contributed by atoms with Gasteiger partial charge in [-0.15, -0.1) is 0 Å². The number of carbonyl (C=O) groups excluding carboxylic acids is 2. The number of anilines is 1. The van der Waals surface area contributed by atoms with Gasteiger partial charge in [-0.2, -0.15) is 5.26 Å². The molecule has 6 heteroatoms. The van der Waals surface area contributed by atoms with Gasteiger partial charge in [0.25, 0.3) is 0 Å². The second-order valence-electron chi connectivity index (χ2n) is 4.52. The number of Topliss-reactive ketones (excluding diaryl/α,β-unsaturated/α-hetero) is 1. The maximum atomic E-state index is 11.5. The van der Waals surface area contributed by atoms with Crippen LogP contribution in [0.15, 0.2) is 4.42 Å². The molecule has 1 aromatic rings. The number of nitriles is 1. The van der Waals surface area contributed by atoms with Crippen molar-refractivity contribution in [3.63, 3.8) is 0 Å². The van der Waals surface area contributed by atoms with Gasteiger partial charge in [-0.3, -0.25) is 10.1 Å². The van der Waals surface area contributed by atoms with E-state index in [-0.39, 0.29) is 35.3 Å². The van der Waals surface area contributed by atoms with Gasteiger partial charge in [0.1, 0.15) is 17.4 Å². The van der Waals surface area contributed by atoms with Gasteiger partial charge in [0, 0.05) is 0 Å². The Bertz CT molecular complexity index is 538. The highest BCUT2D eigenvalue weighted by atomic mass is 16.6.